The number of rotatable bonds is 14. The zero-order valence-electron chi connectivity index (χ0n) is 20.1. The van der Waals surface area contributed by atoms with Crippen LogP contribution in [-0.4, -0.2) is 5.11 Å². The summed E-state index contributed by atoms with van der Waals surface area (Å²) < 4.78 is 0. The summed E-state index contributed by atoms with van der Waals surface area (Å²) in [5, 5.41) is 14.3. The first kappa shape index (κ1) is 24.3. The number of benzene rings is 2. The van der Waals surface area contributed by atoms with E-state index in [2.05, 4.69) is 68.4 Å². The van der Waals surface area contributed by atoms with E-state index in [0.29, 0.717) is 0 Å². The molecular formula is C31H40O. The SMILES string of the molecule is CCCCCCCC(O)(CCCCCCC)c1ccccc1-c1cc#cc2ccccc12. The second-order valence-corrected chi connectivity index (χ2v) is 9.28. The summed E-state index contributed by atoms with van der Waals surface area (Å²) in [6, 6.07) is 25.3. The Hall–Kier alpha value is -2.30. The molecule has 0 aliphatic rings. The van der Waals surface area contributed by atoms with Gasteiger partial charge in [0.1, 0.15) is 0 Å². The smallest absolute Gasteiger partial charge is 0.0902 e. The summed E-state index contributed by atoms with van der Waals surface area (Å²) in [4.78, 5) is 0. The largest absolute Gasteiger partial charge is 0.385 e. The molecule has 3 aromatic carbocycles. The summed E-state index contributed by atoms with van der Waals surface area (Å²) in [6.07, 6.45) is 13.8. The molecule has 0 heterocycles. The molecule has 0 saturated carbocycles. The first-order valence-electron chi connectivity index (χ1n) is 12.8. The molecule has 1 nitrogen and oxygen atoms in total. The highest BCUT2D eigenvalue weighted by Gasteiger charge is 2.31. The maximum Gasteiger partial charge on any atom is 0.0902 e. The third-order valence-corrected chi connectivity index (χ3v) is 6.75. The maximum atomic E-state index is 12.1. The van der Waals surface area contributed by atoms with Crippen LogP contribution in [0.25, 0.3) is 21.9 Å². The standard InChI is InChI=1S/C31H40O/c1-3-5-7-9-15-24-31(32,25-16-10-8-6-4-2)30-23-14-13-21-29(30)28-22-17-19-26-18-11-12-20-27(26)28/h11-14,18,20-23,32H,3-10,15-16,24-25H2,1-2H3. The van der Waals surface area contributed by atoms with Crippen LogP contribution >= 0.6 is 0 Å². The molecule has 0 amide bonds. The van der Waals surface area contributed by atoms with Crippen LogP contribution in [0.3, 0.4) is 0 Å². The summed E-state index contributed by atoms with van der Waals surface area (Å²) in [5.74, 6) is 0. The fraction of sp³-hybridized carbons (Fsp3) is 0.484. The highest BCUT2D eigenvalue weighted by Crippen LogP contribution is 2.40. The van der Waals surface area contributed by atoms with Gasteiger partial charge in [0.25, 0.3) is 0 Å². The second-order valence-electron chi connectivity index (χ2n) is 9.28. The number of aliphatic hydroxyl groups is 1. The minimum absolute atomic E-state index is 0.782. The monoisotopic (exact) mass is 428 g/mol. The normalized spacial score (nSPS) is 11.6. The molecule has 0 unspecified atom stereocenters. The van der Waals surface area contributed by atoms with Gasteiger partial charge in [-0.05, 0) is 47.1 Å². The average molecular weight is 429 g/mol. The van der Waals surface area contributed by atoms with Gasteiger partial charge in [-0.1, -0.05) is 133 Å². The van der Waals surface area contributed by atoms with Crippen molar-refractivity contribution in [2.75, 3.05) is 0 Å². The Morgan fingerprint density at radius 1 is 0.688 bits per heavy atom. The molecule has 0 saturated heterocycles. The van der Waals surface area contributed by atoms with E-state index < -0.39 is 5.60 Å². The average Bonchev–Trinajstić information content (AvgIpc) is 2.83. The van der Waals surface area contributed by atoms with Gasteiger partial charge >= 0.3 is 0 Å². The van der Waals surface area contributed by atoms with Crippen LogP contribution in [0.1, 0.15) is 96.5 Å². The van der Waals surface area contributed by atoms with E-state index in [1.807, 2.05) is 12.1 Å². The summed E-state index contributed by atoms with van der Waals surface area (Å²) >= 11 is 0. The lowest BCUT2D eigenvalue weighted by Gasteiger charge is -2.31. The molecule has 0 bridgehead atoms. The summed E-state index contributed by atoms with van der Waals surface area (Å²) in [7, 11) is 0. The van der Waals surface area contributed by atoms with Gasteiger partial charge in [-0.15, -0.1) is 0 Å². The van der Waals surface area contributed by atoms with Crippen LogP contribution in [0.5, 0.6) is 0 Å². The lowest BCUT2D eigenvalue weighted by molar-refractivity contribution is 0.0138. The van der Waals surface area contributed by atoms with Crippen molar-refractivity contribution in [2.24, 2.45) is 0 Å². The first-order valence-corrected chi connectivity index (χ1v) is 12.8. The Morgan fingerprint density at radius 3 is 1.97 bits per heavy atom. The van der Waals surface area contributed by atoms with E-state index in [1.54, 1.807) is 0 Å². The van der Waals surface area contributed by atoms with Gasteiger partial charge in [0.15, 0.2) is 0 Å². The first-order chi connectivity index (χ1) is 15.7. The Kier molecular flexibility index (Phi) is 9.63. The fourth-order valence-electron chi connectivity index (χ4n) is 4.87. The van der Waals surface area contributed by atoms with Crippen molar-refractivity contribution in [3.63, 3.8) is 0 Å². The second kappa shape index (κ2) is 12.7. The van der Waals surface area contributed by atoms with Crippen LogP contribution in [0.4, 0.5) is 0 Å². The molecular weight excluding hydrogens is 388 g/mol. The van der Waals surface area contributed by atoms with E-state index in [0.717, 1.165) is 47.8 Å². The number of hydrogen-bond acceptors (Lipinski definition) is 1. The quantitative estimate of drug-likeness (QED) is 0.254. The topological polar surface area (TPSA) is 20.2 Å². The van der Waals surface area contributed by atoms with Crippen molar-refractivity contribution in [1.29, 1.82) is 0 Å². The molecule has 0 radical (unpaired) electrons. The van der Waals surface area contributed by atoms with Crippen molar-refractivity contribution in [3.05, 3.63) is 72.3 Å². The molecule has 3 aromatic rings. The van der Waals surface area contributed by atoms with Gasteiger partial charge in [-0.25, -0.2) is 0 Å². The molecule has 1 N–H and O–H groups in total. The Bertz CT molecular complexity index is 923. The van der Waals surface area contributed by atoms with Crippen LogP contribution < -0.4 is 0 Å². The van der Waals surface area contributed by atoms with Gasteiger partial charge in [0, 0.05) is 5.39 Å². The molecule has 0 aliphatic heterocycles. The minimum atomic E-state index is -0.782. The zero-order valence-corrected chi connectivity index (χ0v) is 20.1. The lowest BCUT2D eigenvalue weighted by Crippen LogP contribution is -2.26. The molecule has 0 spiro atoms. The number of unbranched alkanes of at least 4 members (excludes halogenated alkanes) is 8. The Labute approximate surface area is 195 Å². The van der Waals surface area contributed by atoms with Crippen LogP contribution in [-0.2, 0) is 5.60 Å². The molecule has 0 aromatic heterocycles. The van der Waals surface area contributed by atoms with Crippen molar-refractivity contribution >= 4 is 10.8 Å². The van der Waals surface area contributed by atoms with Gasteiger partial charge in [-0.2, -0.15) is 0 Å². The molecule has 1 heteroatoms. The summed E-state index contributed by atoms with van der Waals surface area (Å²) in [5.41, 5.74) is 2.58. The molecule has 0 fully saturated rings. The van der Waals surface area contributed by atoms with E-state index in [4.69, 9.17) is 0 Å². The number of fused-ring (bicyclic) bond motifs is 1. The highest BCUT2D eigenvalue weighted by atomic mass is 16.3. The van der Waals surface area contributed by atoms with Crippen molar-refractivity contribution < 1.29 is 5.11 Å². The predicted molar refractivity (Wildman–Crippen MR) is 138 cm³/mol. The molecule has 32 heavy (non-hydrogen) atoms. The molecule has 0 aliphatic carbocycles. The minimum Gasteiger partial charge on any atom is -0.385 e. The zero-order chi connectivity index (χ0) is 22.7. The van der Waals surface area contributed by atoms with Gasteiger partial charge in [0.05, 0.1) is 5.60 Å². The third-order valence-electron chi connectivity index (χ3n) is 6.75. The van der Waals surface area contributed by atoms with Crippen LogP contribution in [0.2, 0.25) is 0 Å². The van der Waals surface area contributed by atoms with E-state index in [-0.39, 0.29) is 0 Å². The van der Waals surface area contributed by atoms with Gasteiger partial charge < -0.3 is 5.11 Å². The van der Waals surface area contributed by atoms with E-state index in [1.165, 1.54) is 56.8 Å². The number of hydrogen-bond donors (Lipinski definition) is 1. The van der Waals surface area contributed by atoms with Crippen molar-refractivity contribution in [3.8, 4) is 11.1 Å². The van der Waals surface area contributed by atoms with Crippen LogP contribution in [0, 0.1) is 12.1 Å². The fourth-order valence-corrected chi connectivity index (χ4v) is 4.87. The lowest BCUT2D eigenvalue weighted by atomic mass is 9.79. The molecule has 170 valence electrons. The highest BCUT2D eigenvalue weighted by molar-refractivity contribution is 5.96. The maximum absolute atomic E-state index is 12.1. The van der Waals surface area contributed by atoms with Crippen LogP contribution in [0.15, 0.2) is 54.6 Å². The molecule has 0 atom stereocenters. The van der Waals surface area contributed by atoms with Crippen molar-refractivity contribution in [1.82, 2.24) is 0 Å². The molecule has 3 rings (SSSR count). The van der Waals surface area contributed by atoms with Crippen molar-refractivity contribution in [2.45, 2.75) is 96.5 Å². The van der Waals surface area contributed by atoms with Gasteiger partial charge in [-0.3, -0.25) is 0 Å². The Balaban J connectivity index is 1.91. The predicted octanol–water partition coefficient (Wildman–Crippen LogP) is 9.02. The third kappa shape index (κ3) is 6.36. The Morgan fingerprint density at radius 2 is 1.28 bits per heavy atom. The van der Waals surface area contributed by atoms with Gasteiger partial charge in [0.2, 0.25) is 0 Å². The van der Waals surface area contributed by atoms with E-state index >= 15 is 0 Å². The van der Waals surface area contributed by atoms with E-state index in [9.17, 15) is 5.11 Å². The summed E-state index contributed by atoms with van der Waals surface area (Å²) in [6.45, 7) is 4.50.